The summed E-state index contributed by atoms with van der Waals surface area (Å²) in [6.45, 7) is 1.26. The van der Waals surface area contributed by atoms with Gasteiger partial charge in [-0.3, -0.25) is 4.79 Å². The molecule has 8 nitrogen and oxygen atoms in total. The van der Waals surface area contributed by atoms with Gasteiger partial charge in [0.2, 0.25) is 15.9 Å². The van der Waals surface area contributed by atoms with E-state index < -0.39 is 15.9 Å². The zero-order chi connectivity index (χ0) is 23.1. The van der Waals surface area contributed by atoms with E-state index in [0.717, 1.165) is 5.56 Å². The van der Waals surface area contributed by atoms with Gasteiger partial charge in [0.05, 0.1) is 25.0 Å². The molecule has 0 bridgehead atoms. The molecule has 0 aromatic heterocycles. The normalized spacial score (nSPS) is 19.0. The van der Waals surface area contributed by atoms with Crippen LogP contribution in [0.4, 0.5) is 0 Å². The van der Waals surface area contributed by atoms with Crippen molar-refractivity contribution >= 4 is 15.9 Å². The van der Waals surface area contributed by atoms with E-state index in [4.69, 9.17) is 14.2 Å². The summed E-state index contributed by atoms with van der Waals surface area (Å²) >= 11 is 0. The minimum atomic E-state index is -3.74. The van der Waals surface area contributed by atoms with Crippen molar-refractivity contribution in [3.8, 4) is 11.5 Å². The first-order valence-corrected chi connectivity index (χ1v) is 11.9. The van der Waals surface area contributed by atoms with Gasteiger partial charge in [-0.2, -0.15) is 4.31 Å². The lowest BCUT2D eigenvalue weighted by molar-refractivity contribution is -0.124. The molecule has 1 fully saturated rings. The van der Waals surface area contributed by atoms with Gasteiger partial charge in [-0.15, -0.1) is 0 Å². The molecule has 0 aliphatic carbocycles. The molecule has 0 radical (unpaired) electrons. The largest absolute Gasteiger partial charge is 0.497 e. The molecule has 32 heavy (non-hydrogen) atoms. The number of nitrogens with one attached hydrogen (secondary N) is 1. The predicted octanol–water partition coefficient (Wildman–Crippen LogP) is 2.26. The van der Waals surface area contributed by atoms with Gasteiger partial charge in [0.15, 0.2) is 0 Å². The molecule has 1 aliphatic rings. The first-order chi connectivity index (χ1) is 15.4. The minimum Gasteiger partial charge on any atom is -0.497 e. The van der Waals surface area contributed by atoms with E-state index >= 15 is 0 Å². The Morgan fingerprint density at radius 1 is 1.06 bits per heavy atom. The van der Waals surface area contributed by atoms with Crippen LogP contribution in [-0.2, 0) is 19.6 Å². The summed E-state index contributed by atoms with van der Waals surface area (Å²) in [6, 6.07) is 13.7. The molecule has 0 unspecified atom stereocenters. The Bertz CT molecular complexity index is 1010. The maximum atomic E-state index is 13.3. The SMILES string of the molecule is COCCCNC(=O)[C@@H]1CN(S(=O)(=O)c2ccccc2)C[C@H]1c1ccc(OC)cc1OC. The average Bonchev–Trinajstić information content (AvgIpc) is 3.28. The molecule has 0 saturated carbocycles. The van der Waals surface area contributed by atoms with Crippen LogP contribution in [-0.4, -0.2) is 66.2 Å². The van der Waals surface area contributed by atoms with Crippen LogP contribution in [0.2, 0.25) is 0 Å². The number of ether oxygens (including phenoxy) is 3. The number of hydrogen-bond donors (Lipinski definition) is 1. The van der Waals surface area contributed by atoms with Gasteiger partial charge in [0.25, 0.3) is 0 Å². The molecule has 1 amide bonds. The van der Waals surface area contributed by atoms with E-state index in [0.29, 0.717) is 31.1 Å². The van der Waals surface area contributed by atoms with E-state index in [9.17, 15) is 13.2 Å². The lowest BCUT2D eigenvalue weighted by atomic mass is 9.87. The molecular formula is C23H30N2O6S. The first-order valence-electron chi connectivity index (χ1n) is 10.5. The predicted molar refractivity (Wildman–Crippen MR) is 120 cm³/mol. The summed E-state index contributed by atoms with van der Waals surface area (Å²) in [5, 5.41) is 2.93. The highest BCUT2D eigenvalue weighted by molar-refractivity contribution is 7.89. The van der Waals surface area contributed by atoms with Crippen molar-refractivity contribution in [2.75, 3.05) is 47.6 Å². The fraction of sp³-hybridized carbons (Fsp3) is 0.435. The topological polar surface area (TPSA) is 94.2 Å². The van der Waals surface area contributed by atoms with Crippen molar-refractivity contribution in [3.63, 3.8) is 0 Å². The van der Waals surface area contributed by atoms with Crippen LogP contribution in [0, 0.1) is 5.92 Å². The van der Waals surface area contributed by atoms with E-state index in [1.807, 2.05) is 6.07 Å². The Hall–Kier alpha value is -2.62. The summed E-state index contributed by atoms with van der Waals surface area (Å²) in [4.78, 5) is 13.3. The molecule has 9 heteroatoms. The zero-order valence-electron chi connectivity index (χ0n) is 18.6. The van der Waals surface area contributed by atoms with Crippen LogP contribution in [0.3, 0.4) is 0 Å². The standard InChI is InChI=1S/C23H30N2O6S/c1-29-13-7-12-24-23(26)21-16-25(32(27,28)18-8-5-4-6-9-18)15-20(21)19-11-10-17(30-2)14-22(19)31-3/h4-6,8-11,14,20-21H,7,12-13,15-16H2,1-3H3,(H,24,26)/t20-,21+/m0/s1. The highest BCUT2D eigenvalue weighted by atomic mass is 32.2. The maximum absolute atomic E-state index is 13.3. The van der Waals surface area contributed by atoms with Gasteiger partial charge in [0.1, 0.15) is 11.5 Å². The molecule has 3 rings (SSSR count). The number of methoxy groups -OCH3 is 3. The second kappa shape index (κ2) is 10.8. The summed E-state index contributed by atoms with van der Waals surface area (Å²) in [7, 11) is 0.980. The van der Waals surface area contributed by atoms with Crippen LogP contribution in [0.1, 0.15) is 17.9 Å². The van der Waals surface area contributed by atoms with Crippen LogP contribution in [0.25, 0.3) is 0 Å². The van der Waals surface area contributed by atoms with Crippen molar-refractivity contribution in [2.24, 2.45) is 5.92 Å². The number of amides is 1. The third-order valence-electron chi connectivity index (χ3n) is 5.67. The minimum absolute atomic E-state index is 0.0905. The quantitative estimate of drug-likeness (QED) is 0.545. The van der Waals surface area contributed by atoms with Crippen molar-refractivity contribution in [1.82, 2.24) is 9.62 Å². The molecule has 1 N–H and O–H groups in total. The van der Waals surface area contributed by atoms with Crippen molar-refractivity contribution in [2.45, 2.75) is 17.2 Å². The smallest absolute Gasteiger partial charge is 0.243 e. The van der Waals surface area contributed by atoms with Gasteiger partial charge < -0.3 is 19.5 Å². The first kappa shape index (κ1) is 24.0. The third kappa shape index (κ3) is 5.23. The number of rotatable bonds is 10. The number of sulfonamides is 1. The monoisotopic (exact) mass is 462 g/mol. The zero-order valence-corrected chi connectivity index (χ0v) is 19.4. The third-order valence-corrected chi connectivity index (χ3v) is 7.51. The van der Waals surface area contributed by atoms with Crippen molar-refractivity contribution < 1.29 is 27.4 Å². The molecule has 1 heterocycles. The lowest BCUT2D eigenvalue weighted by Gasteiger charge is -2.21. The lowest BCUT2D eigenvalue weighted by Crippen LogP contribution is -2.36. The summed E-state index contributed by atoms with van der Waals surface area (Å²) < 4.78 is 43.8. The van der Waals surface area contributed by atoms with Gasteiger partial charge in [-0.05, 0) is 30.2 Å². The summed E-state index contributed by atoms with van der Waals surface area (Å²) in [5.74, 6) is 0.0771. The Morgan fingerprint density at radius 2 is 1.81 bits per heavy atom. The molecule has 2 atom stereocenters. The Labute approximate surface area is 189 Å². The highest BCUT2D eigenvalue weighted by Crippen LogP contribution is 2.41. The molecule has 2 aromatic rings. The Kier molecular flexibility index (Phi) is 8.11. The van der Waals surface area contributed by atoms with Gasteiger partial charge in [-0.1, -0.05) is 24.3 Å². The average molecular weight is 463 g/mol. The van der Waals surface area contributed by atoms with Gasteiger partial charge in [0, 0.05) is 45.3 Å². The van der Waals surface area contributed by atoms with Crippen LogP contribution in [0.15, 0.2) is 53.4 Å². The molecule has 1 aliphatic heterocycles. The van der Waals surface area contributed by atoms with Crippen LogP contribution >= 0.6 is 0 Å². The van der Waals surface area contributed by atoms with E-state index in [1.165, 1.54) is 4.31 Å². The van der Waals surface area contributed by atoms with Gasteiger partial charge in [-0.25, -0.2) is 8.42 Å². The molecule has 174 valence electrons. The maximum Gasteiger partial charge on any atom is 0.243 e. The molecular weight excluding hydrogens is 432 g/mol. The molecule has 0 spiro atoms. The number of hydrogen-bond acceptors (Lipinski definition) is 6. The van der Waals surface area contributed by atoms with Crippen LogP contribution in [0.5, 0.6) is 11.5 Å². The van der Waals surface area contributed by atoms with E-state index in [1.54, 1.807) is 63.8 Å². The van der Waals surface area contributed by atoms with Crippen molar-refractivity contribution in [1.29, 1.82) is 0 Å². The summed E-state index contributed by atoms with van der Waals surface area (Å²) in [5.41, 5.74) is 0.774. The molecule has 2 aromatic carbocycles. The number of carbonyl (C=O) groups is 1. The number of carbonyl (C=O) groups excluding carboxylic acids is 1. The Morgan fingerprint density at radius 3 is 2.47 bits per heavy atom. The van der Waals surface area contributed by atoms with E-state index in [2.05, 4.69) is 5.32 Å². The summed E-state index contributed by atoms with van der Waals surface area (Å²) in [6.07, 6.45) is 0.678. The second-order valence-corrected chi connectivity index (χ2v) is 9.53. The van der Waals surface area contributed by atoms with E-state index in [-0.39, 0.29) is 29.8 Å². The van der Waals surface area contributed by atoms with Crippen LogP contribution < -0.4 is 14.8 Å². The number of benzene rings is 2. The number of nitrogens with zero attached hydrogens (tertiary/aromatic N) is 1. The molecule has 1 saturated heterocycles. The Balaban J connectivity index is 1.92. The highest BCUT2D eigenvalue weighted by Gasteiger charge is 2.44. The fourth-order valence-electron chi connectivity index (χ4n) is 3.97. The van der Waals surface area contributed by atoms with Crippen molar-refractivity contribution in [3.05, 3.63) is 54.1 Å². The van der Waals surface area contributed by atoms with Gasteiger partial charge >= 0.3 is 0 Å². The second-order valence-electron chi connectivity index (χ2n) is 7.59. The fourth-order valence-corrected chi connectivity index (χ4v) is 5.48.